The standard InChI is InChI=1S/C12H12F3N3O3S/c1-6-5-22-11(16-6)10(12(13,14)15)17-8(19)4-20-9-3-7(2)21-18-9/h3,5,10H,4H2,1-2H3,(H,17,19). The average Bonchev–Trinajstić information content (AvgIpc) is 3.01. The minimum atomic E-state index is -4.65. The molecular formula is C12H12F3N3O3S. The average molecular weight is 335 g/mol. The number of nitrogens with one attached hydrogen (secondary N) is 1. The van der Waals surface area contributed by atoms with Crippen molar-refractivity contribution >= 4 is 17.2 Å². The number of aryl methyl sites for hydroxylation is 2. The minimum absolute atomic E-state index is 0.0290. The maximum Gasteiger partial charge on any atom is 0.415 e. The zero-order chi connectivity index (χ0) is 16.3. The Morgan fingerprint density at radius 2 is 2.23 bits per heavy atom. The number of carbonyl (C=O) groups excluding carboxylic acids is 1. The summed E-state index contributed by atoms with van der Waals surface area (Å²) < 4.78 is 48.7. The first-order valence-corrected chi connectivity index (χ1v) is 6.98. The fourth-order valence-corrected chi connectivity index (χ4v) is 2.41. The molecule has 1 atom stereocenters. The van der Waals surface area contributed by atoms with Crippen LogP contribution in [0.4, 0.5) is 13.2 Å². The van der Waals surface area contributed by atoms with Crippen LogP contribution in [0, 0.1) is 13.8 Å². The number of ether oxygens (including phenoxy) is 1. The molecule has 0 aromatic carbocycles. The lowest BCUT2D eigenvalue weighted by Crippen LogP contribution is -2.40. The van der Waals surface area contributed by atoms with Crippen LogP contribution in [0.5, 0.6) is 5.88 Å². The highest BCUT2D eigenvalue weighted by atomic mass is 32.1. The van der Waals surface area contributed by atoms with E-state index in [0.717, 1.165) is 11.3 Å². The molecular weight excluding hydrogens is 323 g/mol. The topological polar surface area (TPSA) is 77.2 Å². The van der Waals surface area contributed by atoms with Crippen molar-refractivity contribution in [1.29, 1.82) is 0 Å². The molecule has 0 saturated carbocycles. The van der Waals surface area contributed by atoms with Crippen molar-refractivity contribution < 1.29 is 27.2 Å². The lowest BCUT2D eigenvalue weighted by Gasteiger charge is -2.19. The molecule has 0 fully saturated rings. The zero-order valence-electron chi connectivity index (χ0n) is 11.6. The van der Waals surface area contributed by atoms with Crippen LogP contribution in [0.3, 0.4) is 0 Å². The zero-order valence-corrected chi connectivity index (χ0v) is 12.4. The molecule has 0 aliphatic heterocycles. The van der Waals surface area contributed by atoms with Crippen molar-refractivity contribution in [2.75, 3.05) is 6.61 Å². The molecule has 0 aliphatic rings. The molecule has 1 amide bonds. The van der Waals surface area contributed by atoms with Gasteiger partial charge in [0.2, 0.25) is 0 Å². The SMILES string of the molecule is Cc1csc(C(NC(=O)COc2cc(C)on2)C(F)(F)F)n1. The van der Waals surface area contributed by atoms with Crippen LogP contribution in [0.25, 0.3) is 0 Å². The molecule has 120 valence electrons. The molecule has 2 aromatic rings. The second-order valence-corrected chi connectivity index (χ2v) is 5.32. The maximum absolute atomic E-state index is 13.0. The molecule has 0 spiro atoms. The number of hydrogen-bond donors (Lipinski definition) is 1. The van der Waals surface area contributed by atoms with Crippen LogP contribution in [0.15, 0.2) is 16.0 Å². The molecule has 2 aromatic heterocycles. The number of aromatic nitrogens is 2. The van der Waals surface area contributed by atoms with E-state index < -0.39 is 24.7 Å². The maximum atomic E-state index is 13.0. The van der Waals surface area contributed by atoms with Gasteiger partial charge in [0.15, 0.2) is 12.6 Å². The minimum Gasteiger partial charge on any atom is -0.465 e. The van der Waals surface area contributed by atoms with Gasteiger partial charge in [-0.25, -0.2) is 4.98 Å². The Morgan fingerprint density at radius 3 is 2.73 bits per heavy atom. The van der Waals surface area contributed by atoms with Crippen molar-refractivity contribution in [3.8, 4) is 5.88 Å². The first kappa shape index (κ1) is 16.3. The van der Waals surface area contributed by atoms with Crippen molar-refractivity contribution in [3.63, 3.8) is 0 Å². The molecule has 2 heterocycles. The molecule has 0 saturated heterocycles. The highest BCUT2D eigenvalue weighted by Gasteiger charge is 2.43. The van der Waals surface area contributed by atoms with Gasteiger partial charge >= 0.3 is 6.18 Å². The van der Waals surface area contributed by atoms with E-state index in [0.29, 0.717) is 11.5 Å². The monoisotopic (exact) mass is 335 g/mol. The number of thiazole rings is 1. The van der Waals surface area contributed by atoms with Gasteiger partial charge in [-0.3, -0.25) is 4.79 Å². The molecule has 0 bridgehead atoms. The van der Waals surface area contributed by atoms with E-state index >= 15 is 0 Å². The van der Waals surface area contributed by atoms with E-state index in [-0.39, 0.29) is 10.9 Å². The van der Waals surface area contributed by atoms with Crippen LogP contribution < -0.4 is 10.1 Å². The van der Waals surface area contributed by atoms with Gasteiger partial charge in [-0.15, -0.1) is 11.3 Å². The van der Waals surface area contributed by atoms with E-state index in [1.807, 2.05) is 5.32 Å². The number of rotatable bonds is 5. The summed E-state index contributed by atoms with van der Waals surface area (Å²) in [5.41, 5.74) is 0.456. The summed E-state index contributed by atoms with van der Waals surface area (Å²) in [5.74, 6) is -0.445. The van der Waals surface area contributed by atoms with Crippen LogP contribution >= 0.6 is 11.3 Å². The van der Waals surface area contributed by atoms with E-state index in [4.69, 9.17) is 9.26 Å². The van der Waals surface area contributed by atoms with Crippen LogP contribution in [-0.4, -0.2) is 28.8 Å². The third-order valence-electron chi connectivity index (χ3n) is 2.47. The van der Waals surface area contributed by atoms with Crippen LogP contribution in [0.1, 0.15) is 22.5 Å². The molecule has 22 heavy (non-hydrogen) atoms. The summed E-state index contributed by atoms with van der Waals surface area (Å²) in [7, 11) is 0. The van der Waals surface area contributed by atoms with E-state index in [2.05, 4.69) is 10.1 Å². The Kier molecular flexibility index (Phi) is 4.69. The summed E-state index contributed by atoms with van der Waals surface area (Å²) in [6.07, 6.45) is -4.65. The first-order chi connectivity index (χ1) is 10.3. The summed E-state index contributed by atoms with van der Waals surface area (Å²) in [4.78, 5) is 15.4. The highest BCUT2D eigenvalue weighted by molar-refractivity contribution is 7.09. The van der Waals surface area contributed by atoms with Gasteiger partial charge in [-0.2, -0.15) is 13.2 Å². The number of carbonyl (C=O) groups is 1. The largest absolute Gasteiger partial charge is 0.465 e. The number of hydrogen-bond acceptors (Lipinski definition) is 6. The van der Waals surface area contributed by atoms with Gasteiger partial charge < -0.3 is 14.6 Å². The normalized spacial score (nSPS) is 13.0. The highest BCUT2D eigenvalue weighted by Crippen LogP contribution is 2.34. The first-order valence-electron chi connectivity index (χ1n) is 6.10. The van der Waals surface area contributed by atoms with Crippen molar-refractivity contribution in [3.05, 3.63) is 27.9 Å². The predicted octanol–water partition coefficient (Wildman–Crippen LogP) is 2.55. The molecule has 1 unspecified atom stereocenters. The molecule has 2 rings (SSSR count). The lowest BCUT2D eigenvalue weighted by atomic mass is 10.3. The van der Waals surface area contributed by atoms with Gasteiger partial charge in [-0.05, 0) is 19.0 Å². The Hall–Kier alpha value is -2.10. The fraction of sp³-hybridized carbons (Fsp3) is 0.417. The van der Waals surface area contributed by atoms with Crippen LogP contribution in [0.2, 0.25) is 0 Å². The number of nitrogens with zero attached hydrogens (tertiary/aromatic N) is 2. The smallest absolute Gasteiger partial charge is 0.415 e. The summed E-state index contributed by atoms with van der Waals surface area (Å²) in [6.45, 7) is 2.58. The molecule has 10 heteroatoms. The van der Waals surface area contributed by atoms with Crippen molar-refractivity contribution in [1.82, 2.24) is 15.5 Å². The Balaban J connectivity index is 1.99. The fourth-order valence-electron chi connectivity index (χ4n) is 1.54. The Labute approximate surface area is 127 Å². The summed E-state index contributed by atoms with van der Waals surface area (Å²) in [5, 5.41) is 6.59. The molecule has 1 N–H and O–H groups in total. The predicted molar refractivity (Wildman–Crippen MR) is 70.5 cm³/mol. The van der Waals surface area contributed by atoms with E-state index in [1.54, 1.807) is 13.8 Å². The number of amides is 1. The number of halogens is 3. The second kappa shape index (κ2) is 6.34. The molecule has 6 nitrogen and oxygen atoms in total. The van der Waals surface area contributed by atoms with Gasteiger partial charge in [0, 0.05) is 17.1 Å². The lowest BCUT2D eigenvalue weighted by molar-refractivity contribution is -0.164. The number of alkyl halides is 3. The van der Waals surface area contributed by atoms with Gasteiger partial charge in [-0.1, -0.05) is 0 Å². The van der Waals surface area contributed by atoms with Gasteiger partial charge in [0.1, 0.15) is 10.8 Å². The van der Waals surface area contributed by atoms with E-state index in [9.17, 15) is 18.0 Å². The summed E-state index contributed by atoms with van der Waals surface area (Å²) in [6, 6.07) is -0.750. The second-order valence-electron chi connectivity index (χ2n) is 4.43. The Morgan fingerprint density at radius 1 is 1.50 bits per heavy atom. The summed E-state index contributed by atoms with van der Waals surface area (Å²) >= 11 is 0.830. The van der Waals surface area contributed by atoms with Crippen molar-refractivity contribution in [2.24, 2.45) is 0 Å². The van der Waals surface area contributed by atoms with Crippen LogP contribution in [-0.2, 0) is 4.79 Å². The van der Waals surface area contributed by atoms with Crippen molar-refractivity contribution in [2.45, 2.75) is 26.1 Å². The van der Waals surface area contributed by atoms with E-state index in [1.165, 1.54) is 11.4 Å². The molecule has 0 aliphatic carbocycles. The van der Waals surface area contributed by atoms with Gasteiger partial charge in [0.05, 0.1) is 0 Å². The third-order valence-corrected chi connectivity index (χ3v) is 3.50. The van der Waals surface area contributed by atoms with Gasteiger partial charge in [0.25, 0.3) is 11.8 Å². The molecule has 0 radical (unpaired) electrons. The third kappa shape index (κ3) is 4.20. The quantitative estimate of drug-likeness (QED) is 0.909. The Bertz CT molecular complexity index is 653.